The van der Waals surface area contributed by atoms with Crippen LogP contribution in [-0.4, -0.2) is 23.5 Å². The minimum Gasteiger partial charge on any atom is -0.348 e. The molecule has 0 aliphatic carbocycles. The fraction of sp³-hybridized carbons (Fsp3) is 0.462. The van der Waals surface area contributed by atoms with Crippen molar-refractivity contribution in [2.45, 2.75) is 25.1 Å². The number of hydrogen-bond donors (Lipinski definition) is 3. The van der Waals surface area contributed by atoms with Gasteiger partial charge >= 0.3 is 6.18 Å². The second-order valence-electron chi connectivity index (χ2n) is 4.79. The van der Waals surface area contributed by atoms with Crippen LogP contribution in [0.4, 0.5) is 18.9 Å². The molecule has 8 heteroatoms. The van der Waals surface area contributed by atoms with E-state index in [0.717, 1.165) is 36.5 Å². The van der Waals surface area contributed by atoms with Crippen LogP contribution in [0.15, 0.2) is 18.2 Å². The molecule has 1 amide bonds. The molecule has 1 heterocycles. The van der Waals surface area contributed by atoms with Crippen LogP contribution < -0.4 is 16.6 Å². The van der Waals surface area contributed by atoms with Gasteiger partial charge in [-0.15, -0.1) is 0 Å². The molecule has 21 heavy (non-hydrogen) atoms. The van der Waals surface area contributed by atoms with Gasteiger partial charge in [0.05, 0.1) is 11.3 Å². The monoisotopic (exact) mass is 319 g/mol. The normalized spacial score (nSPS) is 19.1. The molecule has 1 aromatic rings. The number of alkyl halides is 3. The first kappa shape index (κ1) is 16.0. The largest absolute Gasteiger partial charge is 0.418 e. The van der Waals surface area contributed by atoms with Crippen molar-refractivity contribution >= 4 is 23.4 Å². The molecule has 4 nitrogen and oxygen atoms in total. The van der Waals surface area contributed by atoms with Crippen molar-refractivity contribution < 1.29 is 18.0 Å². The number of rotatable bonds is 3. The molecule has 116 valence electrons. The number of thioether (sulfide) groups is 1. The number of hydrazine groups is 1. The molecular weight excluding hydrogens is 303 g/mol. The van der Waals surface area contributed by atoms with E-state index in [9.17, 15) is 18.0 Å². The Bertz CT molecular complexity index is 516. The van der Waals surface area contributed by atoms with Crippen LogP contribution in [0.5, 0.6) is 0 Å². The SMILES string of the molecule is NNc1ccc(C(=O)NC2CCCSC2)cc1C(F)(F)F. The van der Waals surface area contributed by atoms with Gasteiger partial charge in [-0.3, -0.25) is 10.6 Å². The molecule has 1 aliphatic rings. The van der Waals surface area contributed by atoms with Gasteiger partial charge in [0.1, 0.15) is 0 Å². The Balaban J connectivity index is 2.17. The number of carbonyl (C=O) groups excluding carboxylic acids is 1. The number of benzene rings is 1. The van der Waals surface area contributed by atoms with E-state index < -0.39 is 17.6 Å². The maximum atomic E-state index is 12.9. The van der Waals surface area contributed by atoms with Crippen LogP contribution in [0.1, 0.15) is 28.8 Å². The number of carbonyl (C=O) groups is 1. The summed E-state index contributed by atoms with van der Waals surface area (Å²) in [5, 5.41) is 2.77. The molecule has 0 bridgehead atoms. The maximum absolute atomic E-state index is 12.9. The van der Waals surface area contributed by atoms with Gasteiger partial charge in [-0.05, 0) is 36.8 Å². The standard InChI is InChI=1S/C13H16F3N3OS/c14-13(15,16)10-6-8(3-4-11(10)19-17)12(20)18-9-2-1-5-21-7-9/h3-4,6,9,19H,1-2,5,7,17H2,(H,18,20). The van der Waals surface area contributed by atoms with Crippen LogP contribution in [0.2, 0.25) is 0 Å². The van der Waals surface area contributed by atoms with E-state index in [0.29, 0.717) is 0 Å². The van der Waals surface area contributed by atoms with E-state index in [1.165, 1.54) is 6.07 Å². The lowest BCUT2D eigenvalue weighted by molar-refractivity contribution is -0.137. The molecule has 2 rings (SSSR count). The van der Waals surface area contributed by atoms with Crippen molar-refractivity contribution in [2.75, 3.05) is 16.9 Å². The van der Waals surface area contributed by atoms with Gasteiger partial charge in [0.2, 0.25) is 0 Å². The Morgan fingerprint density at radius 3 is 2.71 bits per heavy atom. The summed E-state index contributed by atoms with van der Waals surface area (Å²) in [5.74, 6) is 6.43. The lowest BCUT2D eigenvalue weighted by Gasteiger charge is -2.22. The minimum atomic E-state index is -4.57. The second kappa shape index (κ2) is 6.57. The van der Waals surface area contributed by atoms with Crippen LogP contribution in [0.3, 0.4) is 0 Å². The smallest absolute Gasteiger partial charge is 0.348 e. The molecule has 1 fully saturated rings. The minimum absolute atomic E-state index is 0.0119. The van der Waals surface area contributed by atoms with Crippen LogP contribution >= 0.6 is 11.8 Å². The highest BCUT2D eigenvalue weighted by atomic mass is 32.2. The lowest BCUT2D eigenvalue weighted by atomic mass is 10.1. The second-order valence-corrected chi connectivity index (χ2v) is 5.94. The quantitative estimate of drug-likeness (QED) is 0.592. The summed E-state index contributed by atoms with van der Waals surface area (Å²) in [4.78, 5) is 12.1. The van der Waals surface area contributed by atoms with Gasteiger partial charge in [0.15, 0.2) is 0 Å². The summed E-state index contributed by atoms with van der Waals surface area (Å²) < 4.78 is 38.7. The number of halogens is 3. The molecular formula is C13H16F3N3OS. The summed E-state index contributed by atoms with van der Waals surface area (Å²) in [7, 11) is 0. The van der Waals surface area contributed by atoms with Crippen LogP contribution in [0, 0.1) is 0 Å². The van der Waals surface area contributed by atoms with Crippen LogP contribution in [0.25, 0.3) is 0 Å². The van der Waals surface area contributed by atoms with Gasteiger partial charge < -0.3 is 10.7 Å². The lowest BCUT2D eigenvalue weighted by Crippen LogP contribution is -2.38. The fourth-order valence-corrected chi connectivity index (χ4v) is 3.24. The zero-order valence-corrected chi connectivity index (χ0v) is 12.0. The van der Waals surface area contributed by atoms with E-state index in [2.05, 4.69) is 5.32 Å². The highest BCUT2D eigenvalue weighted by Crippen LogP contribution is 2.35. The highest BCUT2D eigenvalue weighted by molar-refractivity contribution is 7.99. The van der Waals surface area contributed by atoms with E-state index in [1.54, 1.807) is 11.8 Å². The number of amides is 1. The maximum Gasteiger partial charge on any atom is 0.418 e. The third-order valence-electron chi connectivity index (χ3n) is 3.24. The third-order valence-corrected chi connectivity index (χ3v) is 4.45. The Labute approximate surface area is 124 Å². The zero-order valence-electron chi connectivity index (χ0n) is 11.2. The number of nitrogens with one attached hydrogen (secondary N) is 2. The molecule has 1 unspecified atom stereocenters. The molecule has 0 spiro atoms. The molecule has 1 saturated heterocycles. The Kier molecular flexibility index (Phi) is 5.00. The Hall–Kier alpha value is -1.41. The van der Waals surface area contributed by atoms with E-state index in [4.69, 9.17) is 5.84 Å². The predicted molar refractivity (Wildman–Crippen MR) is 77.1 cm³/mol. The molecule has 4 N–H and O–H groups in total. The van der Waals surface area contributed by atoms with Gasteiger partial charge in [-0.2, -0.15) is 24.9 Å². The zero-order chi connectivity index (χ0) is 15.5. The van der Waals surface area contributed by atoms with E-state index >= 15 is 0 Å². The van der Waals surface area contributed by atoms with Gasteiger partial charge in [-0.25, -0.2) is 0 Å². The molecule has 1 aromatic carbocycles. The number of anilines is 1. The summed E-state index contributed by atoms with van der Waals surface area (Å²) in [6.45, 7) is 0. The average Bonchev–Trinajstić information content (AvgIpc) is 2.46. The van der Waals surface area contributed by atoms with E-state index in [1.807, 2.05) is 5.43 Å². The molecule has 0 radical (unpaired) electrons. The van der Waals surface area contributed by atoms with Gasteiger partial charge in [-0.1, -0.05) is 0 Å². The van der Waals surface area contributed by atoms with Crippen LogP contribution in [-0.2, 0) is 6.18 Å². The Morgan fingerprint density at radius 2 is 2.14 bits per heavy atom. The van der Waals surface area contributed by atoms with Crippen molar-refractivity contribution in [2.24, 2.45) is 5.84 Å². The molecule has 1 aliphatic heterocycles. The number of hydrogen-bond acceptors (Lipinski definition) is 4. The highest BCUT2D eigenvalue weighted by Gasteiger charge is 2.34. The molecule has 1 atom stereocenters. The van der Waals surface area contributed by atoms with Crippen molar-refractivity contribution in [3.05, 3.63) is 29.3 Å². The van der Waals surface area contributed by atoms with E-state index in [-0.39, 0.29) is 17.3 Å². The number of nitrogen functional groups attached to an aromatic ring is 1. The molecule has 0 aromatic heterocycles. The van der Waals surface area contributed by atoms with Crippen molar-refractivity contribution in [3.8, 4) is 0 Å². The van der Waals surface area contributed by atoms with Gasteiger partial charge in [0, 0.05) is 17.4 Å². The fourth-order valence-electron chi connectivity index (χ4n) is 2.17. The van der Waals surface area contributed by atoms with Crippen molar-refractivity contribution in [1.82, 2.24) is 5.32 Å². The summed E-state index contributed by atoms with van der Waals surface area (Å²) in [6, 6.07) is 3.32. The first-order valence-corrected chi connectivity index (χ1v) is 7.64. The summed E-state index contributed by atoms with van der Waals surface area (Å²) >= 11 is 1.73. The predicted octanol–water partition coefficient (Wildman–Crippen LogP) is 2.62. The van der Waals surface area contributed by atoms with Crippen molar-refractivity contribution in [3.63, 3.8) is 0 Å². The van der Waals surface area contributed by atoms with Crippen molar-refractivity contribution in [1.29, 1.82) is 0 Å². The Morgan fingerprint density at radius 1 is 1.38 bits per heavy atom. The topological polar surface area (TPSA) is 67.1 Å². The average molecular weight is 319 g/mol. The first-order valence-electron chi connectivity index (χ1n) is 6.48. The first-order chi connectivity index (χ1) is 9.91. The van der Waals surface area contributed by atoms with Gasteiger partial charge in [0.25, 0.3) is 5.91 Å². The number of nitrogens with two attached hydrogens (primary N) is 1. The molecule has 0 saturated carbocycles. The summed E-state index contributed by atoms with van der Waals surface area (Å²) in [6.07, 6.45) is -2.72. The summed E-state index contributed by atoms with van der Waals surface area (Å²) in [5.41, 5.74) is 0.772. The third kappa shape index (κ3) is 4.04.